The first-order valence-corrected chi connectivity index (χ1v) is 12.9. The summed E-state index contributed by atoms with van der Waals surface area (Å²) in [6, 6.07) is 11.6. The Morgan fingerprint density at radius 1 is 1.03 bits per heavy atom. The normalized spacial score (nSPS) is 15.1. The smallest absolute Gasteiger partial charge is 0.316 e. The molecule has 0 aliphatic carbocycles. The van der Waals surface area contributed by atoms with Crippen LogP contribution < -0.4 is 16.4 Å². The number of nitrogens with two attached hydrogens (primary N) is 1. The van der Waals surface area contributed by atoms with E-state index in [-0.39, 0.29) is 35.3 Å². The van der Waals surface area contributed by atoms with Gasteiger partial charge in [-0.05, 0) is 55.5 Å². The summed E-state index contributed by atoms with van der Waals surface area (Å²) in [6.07, 6.45) is 0.885. The monoisotopic (exact) mass is 525 g/mol. The maximum absolute atomic E-state index is 12.9. The molecule has 0 spiro atoms. The average Bonchev–Trinajstić information content (AvgIpc) is 3.10. The van der Waals surface area contributed by atoms with E-state index in [9.17, 15) is 24.6 Å². The number of rotatable bonds is 9. The van der Waals surface area contributed by atoms with E-state index in [2.05, 4.69) is 10.6 Å². The van der Waals surface area contributed by atoms with Crippen LogP contribution in [0.1, 0.15) is 50.0 Å². The highest BCUT2D eigenvalue weighted by Crippen LogP contribution is 2.27. The van der Waals surface area contributed by atoms with Crippen LogP contribution in [0.4, 0.5) is 10.5 Å². The molecule has 0 saturated carbocycles. The standard InChI is InChI=1S/C28H39N5O5/c1-19(34)32-10-5-11-33(13-12-32)26(37)15-20-6-4-7-21(14-20)17-28(2,3)30-18-25(36)22-8-9-24(35)23(16-22)31-27(29)38/h4,6-9,14,16,25,30,35-36H,5,10-13,15,17-18H2,1-3H3,(H3,29,31,38). The number of nitrogens with one attached hydrogen (secondary N) is 2. The Balaban J connectivity index is 1.56. The first-order valence-electron chi connectivity index (χ1n) is 12.9. The molecule has 206 valence electrons. The van der Waals surface area contributed by atoms with Gasteiger partial charge in [0, 0.05) is 45.2 Å². The van der Waals surface area contributed by atoms with E-state index < -0.39 is 12.1 Å². The molecule has 1 saturated heterocycles. The van der Waals surface area contributed by atoms with E-state index in [1.54, 1.807) is 17.9 Å². The second-order valence-electron chi connectivity index (χ2n) is 10.5. The zero-order valence-corrected chi connectivity index (χ0v) is 22.4. The SMILES string of the molecule is CC(=O)N1CCCN(C(=O)Cc2cccc(CC(C)(C)NCC(O)c3ccc(O)c(NC(N)=O)c3)c2)CC1. The van der Waals surface area contributed by atoms with Gasteiger partial charge in [-0.15, -0.1) is 0 Å². The molecule has 2 aromatic carbocycles. The second-order valence-corrected chi connectivity index (χ2v) is 10.5. The summed E-state index contributed by atoms with van der Waals surface area (Å²) < 4.78 is 0. The molecule has 1 unspecified atom stereocenters. The molecule has 10 heteroatoms. The number of aliphatic hydroxyl groups is 1. The predicted octanol–water partition coefficient (Wildman–Crippen LogP) is 2.15. The molecule has 1 heterocycles. The Hall–Kier alpha value is -3.63. The lowest BCUT2D eigenvalue weighted by Gasteiger charge is -2.28. The molecule has 4 amide bonds. The Bertz CT molecular complexity index is 1150. The van der Waals surface area contributed by atoms with E-state index >= 15 is 0 Å². The molecule has 2 aromatic rings. The van der Waals surface area contributed by atoms with Crippen LogP contribution in [-0.4, -0.2) is 76.1 Å². The van der Waals surface area contributed by atoms with Gasteiger partial charge in [0.25, 0.3) is 0 Å². The summed E-state index contributed by atoms with van der Waals surface area (Å²) in [4.78, 5) is 39.4. The molecule has 10 nitrogen and oxygen atoms in total. The molecular weight excluding hydrogens is 486 g/mol. The van der Waals surface area contributed by atoms with E-state index in [1.807, 2.05) is 43.0 Å². The van der Waals surface area contributed by atoms with E-state index in [1.165, 1.54) is 12.1 Å². The minimum atomic E-state index is -0.875. The summed E-state index contributed by atoms with van der Waals surface area (Å²) in [6.45, 7) is 8.34. The number of benzene rings is 2. The number of phenols is 1. The third-order valence-electron chi connectivity index (χ3n) is 6.72. The first-order chi connectivity index (χ1) is 17.9. The summed E-state index contributed by atoms with van der Waals surface area (Å²) in [5.41, 5.74) is 7.44. The van der Waals surface area contributed by atoms with Gasteiger partial charge in [0.2, 0.25) is 11.8 Å². The van der Waals surface area contributed by atoms with Gasteiger partial charge in [-0.3, -0.25) is 9.59 Å². The van der Waals surface area contributed by atoms with Gasteiger partial charge in [0.05, 0.1) is 18.2 Å². The second kappa shape index (κ2) is 12.7. The molecular formula is C28H39N5O5. The van der Waals surface area contributed by atoms with Gasteiger partial charge < -0.3 is 36.4 Å². The zero-order chi connectivity index (χ0) is 27.9. The van der Waals surface area contributed by atoms with Crippen molar-refractivity contribution in [3.8, 4) is 5.75 Å². The molecule has 3 rings (SSSR count). The van der Waals surface area contributed by atoms with Crippen molar-refractivity contribution in [3.63, 3.8) is 0 Å². The van der Waals surface area contributed by atoms with Crippen LogP contribution in [0.25, 0.3) is 0 Å². The first kappa shape index (κ1) is 28.9. The van der Waals surface area contributed by atoms with Gasteiger partial charge in [0.15, 0.2) is 0 Å². The minimum Gasteiger partial charge on any atom is -0.506 e. The van der Waals surface area contributed by atoms with Crippen LogP contribution in [0.15, 0.2) is 42.5 Å². The molecule has 1 aliphatic heterocycles. The lowest BCUT2D eigenvalue weighted by molar-refractivity contribution is -0.132. The van der Waals surface area contributed by atoms with E-state index in [0.29, 0.717) is 44.6 Å². The number of hydrogen-bond acceptors (Lipinski definition) is 6. The van der Waals surface area contributed by atoms with Crippen molar-refractivity contribution in [2.75, 3.05) is 38.0 Å². The molecule has 0 radical (unpaired) electrons. The summed E-state index contributed by atoms with van der Waals surface area (Å²) in [7, 11) is 0. The third kappa shape index (κ3) is 8.46. The maximum atomic E-state index is 12.9. The van der Waals surface area contributed by atoms with Crippen molar-refractivity contribution in [1.82, 2.24) is 15.1 Å². The third-order valence-corrected chi connectivity index (χ3v) is 6.72. The number of aliphatic hydroxyl groups excluding tert-OH is 1. The Morgan fingerprint density at radius 2 is 1.71 bits per heavy atom. The number of amides is 4. The molecule has 1 aliphatic rings. The number of urea groups is 1. The van der Waals surface area contributed by atoms with Gasteiger partial charge in [-0.25, -0.2) is 4.79 Å². The molecule has 0 aromatic heterocycles. The van der Waals surface area contributed by atoms with Crippen LogP contribution in [0.3, 0.4) is 0 Å². The van der Waals surface area contributed by atoms with Gasteiger partial charge in [-0.1, -0.05) is 30.3 Å². The van der Waals surface area contributed by atoms with Gasteiger partial charge in [-0.2, -0.15) is 0 Å². The van der Waals surface area contributed by atoms with Crippen molar-refractivity contribution in [3.05, 3.63) is 59.2 Å². The summed E-state index contributed by atoms with van der Waals surface area (Å²) in [5.74, 6) is -0.0314. The Morgan fingerprint density at radius 3 is 2.42 bits per heavy atom. The average molecular weight is 526 g/mol. The van der Waals surface area contributed by atoms with Crippen molar-refractivity contribution < 1.29 is 24.6 Å². The van der Waals surface area contributed by atoms with Crippen LogP contribution >= 0.6 is 0 Å². The minimum absolute atomic E-state index is 0.0450. The van der Waals surface area contributed by atoms with Crippen LogP contribution in [0, 0.1) is 0 Å². The summed E-state index contributed by atoms with van der Waals surface area (Å²) in [5, 5.41) is 26.3. The number of aromatic hydroxyl groups is 1. The highest BCUT2D eigenvalue weighted by atomic mass is 16.3. The highest BCUT2D eigenvalue weighted by Gasteiger charge is 2.23. The number of hydrogen-bond donors (Lipinski definition) is 5. The molecule has 6 N–H and O–H groups in total. The van der Waals surface area contributed by atoms with Crippen LogP contribution in [0.5, 0.6) is 5.75 Å². The fourth-order valence-corrected chi connectivity index (χ4v) is 4.68. The number of anilines is 1. The summed E-state index contributed by atoms with van der Waals surface area (Å²) >= 11 is 0. The number of primary amides is 1. The van der Waals surface area contributed by atoms with Gasteiger partial charge in [0.1, 0.15) is 5.75 Å². The number of β-amino-alcohol motifs (C(OH)–C–C–N with tert-alkyl or cyclic N) is 1. The van der Waals surface area contributed by atoms with E-state index in [4.69, 9.17) is 5.73 Å². The Labute approximate surface area is 223 Å². The quantitative estimate of drug-likeness (QED) is 0.317. The van der Waals surface area contributed by atoms with Crippen LogP contribution in [-0.2, 0) is 22.4 Å². The molecule has 1 fully saturated rings. The molecule has 0 bridgehead atoms. The van der Waals surface area contributed by atoms with E-state index in [0.717, 1.165) is 17.5 Å². The molecule has 1 atom stereocenters. The molecule has 38 heavy (non-hydrogen) atoms. The van der Waals surface area contributed by atoms with Crippen molar-refractivity contribution in [2.45, 2.75) is 51.7 Å². The number of carbonyl (C=O) groups excluding carboxylic acids is 3. The lowest BCUT2D eigenvalue weighted by atomic mass is 9.93. The zero-order valence-electron chi connectivity index (χ0n) is 22.4. The highest BCUT2D eigenvalue weighted by molar-refractivity contribution is 5.89. The topological polar surface area (TPSA) is 148 Å². The van der Waals surface area contributed by atoms with Crippen LogP contribution in [0.2, 0.25) is 0 Å². The number of nitrogens with zero attached hydrogens (tertiary/aromatic N) is 2. The number of phenolic OH excluding ortho intramolecular Hbond substituents is 1. The van der Waals surface area contributed by atoms with Crippen molar-refractivity contribution in [1.29, 1.82) is 0 Å². The fourth-order valence-electron chi connectivity index (χ4n) is 4.68. The number of carbonyl (C=O) groups is 3. The maximum Gasteiger partial charge on any atom is 0.316 e. The van der Waals surface area contributed by atoms with Gasteiger partial charge >= 0.3 is 6.03 Å². The Kier molecular flexibility index (Phi) is 9.71. The van der Waals surface area contributed by atoms with Crippen molar-refractivity contribution in [2.24, 2.45) is 5.73 Å². The lowest BCUT2D eigenvalue weighted by Crippen LogP contribution is -2.43. The predicted molar refractivity (Wildman–Crippen MR) is 146 cm³/mol. The largest absolute Gasteiger partial charge is 0.506 e. The fraction of sp³-hybridized carbons (Fsp3) is 0.464. The van der Waals surface area contributed by atoms with Crippen molar-refractivity contribution >= 4 is 23.5 Å².